The van der Waals surface area contributed by atoms with Gasteiger partial charge < -0.3 is 19.9 Å². The highest BCUT2D eigenvalue weighted by Gasteiger charge is 2.44. The number of ether oxygens (including phenoxy) is 2. The molecule has 1 fully saturated rings. The summed E-state index contributed by atoms with van der Waals surface area (Å²) < 4.78 is 11.0. The lowest BCUT2D eigenvalue weighted by atomic mass is 9.80. The molecule has 1 amide bonds. The van der Waals surface area contributed by atoms with Gasteiger partial charge in [0, 0.05) is 25.2 Å². The molecule has 1 saturated carbocycles. The molecule has 136 valence electrons. The molecule has 0 heterocycles. The molecule has 0 aromatic heterocycles. The quantitative estimate of drug-likeness (QED) is 0.603. The Hall–Kier alpha value is -0.810. The van der Waals surface area contributed by atoms with Crippen molar-refractivity contribution in [3.05, 3.63) is 0 Å². The third-order valence-corrected chi connectivity index (χ3v) is 4.33. The molecule has 0 spiro atoms. The van der Waals surface area contributed by atoms with Crippen LogP contribution in [-0.2, 0) is 9.47 Å². The Morgan fingerprint density at radius 3 is 2.39 bits per heavy atom. The zero-order valence-corrected chi connectivity index (χ0v) is 15.5. The number of aliphatic hydroxyl groups is 1. The summed E-state index contributed by atoms with van der Waals surface area (Å²) in [4.78, 5) is 11.9. The average molecular weight is 329 g/mol. The molecule has 0 aromatic carbocycles. The van der Waals surface area contributed by atoms with Crippen molar-refractivity contribution < 1.29 is 19.4 Å². The lowest BCUT2D eigenvalue weighted by molar-refractivity contribution is 0.0273. The molecule has 5 nitrogen and oxygen atoms in total. The van der Waals surface area contributed by atoms with Gasteiger partial charge in [0.1, 0.15) is 5.60 Å². The highest BCUT2D eigenvalue weighted by Crippen LogP contribution is 2.47. The van der Waals surface area contributed by atoms with Gasteiger partial charge in [0.05, 0.1) is 6.61 Å². The summed E-state index contributed by atoms with van der Waals surface area (Å²) in [5.41, 5.74) is -0.791. The van der Waals surface area contributed by atoms with Gasteiger partial charge in [0.2, 0.25) is 0 Å². The van der Waals surface area contributed by atoms with Gasteiger partial charge in [0.15, 0.2) is 0 Å². The molecule has 1 atom stereocenters. The van der Waals surface area contributed by atoms with Crippen molar-refractivity contribution in [1.29, 1.82) is 0 Å². The molecule has 0 saturated heterocycles. The fourth-order valence-corrected chi connectivity index (χ4v) is 2.66. The van der Waals surface area contributed by atoms with Crippen LogP contribution in [0.1, 0.15) is 60.3 Å². The van der Waals surface area contributed by atoms with Crippen LogP contribution in [0.25, 0.3) is 0 Å². The Morgan fingerprint density at radius 1 is 1.26 bits per heavy atom. The number of rotatable bonds is 10. The zero-order chi connectivity index (χ0) is 17.5. The van der Waals surface area contributed by atoms with Crippen LogP contribution in [0.15, 0.2) is 0 Å². The van der Waals surface area contributed by atoms with Gasteiger partial charge >= 0.3 is 6.09 Å². The SMILES string of the molecule is CC(C)CCOCCC(CO)(CNC(=O)OC(C)(C)C)C1CC1. The summed E-state index contributed by atoms with van der Waals surface area (Å²) in [6, 6.07) is 0. The number of carbonyl (C=O) groups excluding carboxylic acids is 1. The first-order valence-corrected chi connectivity index (χ1v) is 8.84. The van der Waals surface area contributed by atoms with E-state index in [2.05, 4.69) is 19.2 Å². The van der Waals surface area contributed by atoms with Gasteiger partial charge in [-0.2, -0.15) is 0 Å². The molecular formula is C18H35NO4. The second-order valence-corrected chi connectivity index (χ2v) is 8.20. The minimum absolute atomic E-state index is 0.0704. The smallest absolute Gasteiger partial charge is 0.407 e. The van der Waals surface area contributed by atoms with Crippen LogP contribution in [0.3, 0.4) is 0 Å². The molecule has 0 bridgehead atoms. The van der Waals surface area contributed by atoms with Gasteiger partial charge in [-0.3, -0.25) is 0 Å². The van der Waals surface area contributed by atoms with Gasteiger partial charge in [0.25, 0.3) is 0 Å². The first kappa shape index (κ1) is 20.2. The fraction of sp³-hybridized carbons (Fsp3) is 0.944. The normalized spacial score (nSPS) is 17.9. The van der Waals surface area contributed by atoms with E-state index >= 15 is 0 Å². The predicted octanol–water partition coefficient (Wildman–Crippen LogP) is 3.35. The third-order valence-electron chi connectivity index (χ3n) is 4.33. The predicted molar refractivity (Wildman–Crippen MR) is 91.4 cm³/mol. The second-order valence-electron chi connectivity index (χ2n) is 8.20. The lowest BCUT2D eigenvalue weighted by Gasteiger charge is -2.33. The molecule has 0 aromatic rings. The number of amides is 1. The maximum atomic E-state index is 11.9. The summed E-state index contributed by atoms with van der Waals surface area (Å²) >= 11 is 0. The number of hydrogen-bond acceptors (Lipinski definition) is 4. The Labute approximate surface area is 141 Å². The van der Waals surface area contributed by atoms with E-state index < -0.39 is 11.7 Å². The summed E-state index contributed by atoms with van der Waals surface area (Å²) in [7, 11) is 0. The van der Waals surface area contributed by atoms with Gasteiger partial charge in [-0.05, 0) is 58.3 Å². The number of alkyl carbamates (subject to hydrolysis) is 1. The second kappa shape index (κ2) is 8.88. The number of carbonyl (C=O) groups is 1. The Balaban J connectivity index is 2.43. The standard InChI is InChI=1S/C18H35NO4/c1-14(2)8-10-22-11-9-18(13-20,15-6-7-15)12-19-16(21)23-17(3,4)5/h14-15,20H,6-13H2,1-5H3,(H,19,21). The number of nitrogens with one attached hydrogen (secondary N) is 1. The number of aliphatic hydroxyl groups excluding tert-OH is 1. The van der Waals surface area contributed by atoms with Crippen molar-refractivity contribution in [3.8, 4) is 0 Å². The molecule has 2 N–H and O–H groups in total. The maximum Gasteiger partial charge on any atom is 0.407 e. The largest absolute Gasteiger partial charge is 0.444 e. The van der Waals surface area contributed by atoms with Crippen LogP contribution < -0.4 is 5.32 Å². The third kappa shape index (κ3) is 8.02. The van der Waals surface area contributed by atoms with Crippen LogP contribution in [0, 0.1) is 17.3 Å². The van der Waals surface area contributed by atoms with E-state index in [4.69, 9.17) is 9.47 Å². The van der Waals surface area contributed by atoms with Crippen LogP contribution >= 0.6 is 0 Å². The summed E-state index contributed by atoms with van der Waals surface area (Å²) in [6.45, 7) is 11.8. The van der Waals surface area contributed by atoms with E-state index in [1.807, 2.05) is 20.8 Å². The molecule has 0 radical (unpaired) electrons. The molecule has 1 rings (SSSR count). The van der Waals surface area contributed by atoms with Crippen molar-refractivity contribution in [2.75, 3.05) is 26.4 Å². The van der Waals surface area contributed by atoms with E-state index in [1.54, 1.807) is 0 Å². The molecule has 23 heavy (non-hydrogen) atoms. The van der Waals surface area contributed by atoms with Gasteiger partial charge in [-0.1, -0.05) is 13.8 Å². The van der Waals surface area contributed by atoms with Crippen LogP contribution in [0.5, 0.6) is 0 Å². The monoisotopic (exact) mass is 329 g/mol. The van der Waals surface area contributed by atoms with E-state index in [-0.39, 0.29) is 12.0 Å². The molecule has 0 aliphatic heterocycles. The van der Waals surface area contributed by atoms with E-state index in [0.29, 0.717) is 25.0 Å². The molecular weight excluding hydrogens is 294 g/mol. The minimum Gasteiger partial charge on any atom is -0.444 e. The van der Waals surface area contributed by atoms with E-state index in [0.717, 1.165) is 32.3 Å². The van der Waals surface area contributed by atoms with Crippen molar-refractivity contribution >= 4 is 6.09 Å². The van der Waals surface area contributed by atoms with Crippen LogP contribution in [0.4, 0.5) is 4.79 Å². The van der Waals surface area contributed by atoms with Gasteiger partial charge in [-0.15, -0.1) is 0 Å². The van der Waals surface area contributed by atoms with Crippen molar-refractivity contribution in [2.24, 2.45) is 17.3 Å². The molecule has 1 unspecified atom stereocenters. The Kier molecular flexibility index (Phi) is 7.81. The average Bonchev–Trinajstić information content (AvgIpc) is 3.25. The summed E-state index contributed by atoms with van der Waals surface area (Å²) in [5, 5.41) is 12.8. The minimum atomic E-state index is -0.508. The molecule has 5 heteroatoms. The first-order valence-electron chi connectivity index (χ1n) is 8.84. The zero-order valence-electron chi connectivity index (χ0n) is 15.5. The van der Waals surface area contributed by atoms with E-state index in [9.17, 15) is 9.90 Å². The maximum absolute atomic E-state index is 11.9. The van der Waals surface area contributed by atoms with Crippen molar-refractivity contribution in [3.63, 3.8) is 0 Å². The lowest BCUT2D eigenvalue weighted by Crippen LogP contribution is -2.44. The van der Waals surface area contributed by atoms with Crippen molar-refractivity contribution in [2.45, 2.75) is 65.9 Å². The molecule has 1 aliphatic carbocycles. The first-order chi connectivity index (χ1) is 10.7. The fourth-order valence-electron chi connectivity index (χ4n) is 2.66. The van der Waals surface area contributed by atoms with Crippen LogP contribution in [0.2, 0.25) is 0 Å². The van der Waals surface area contributed by atoms with E-state index in [1.165, 1.54) is 0 Å². The van der Waals surface area contributed by atoms with Crippen LogP contribution in [-0.4, -0.2) is 43.2 Å². The highest BCUT2D eigenvalue weighted by molar-refractivity contribution is 5.67. The highest BCUT2D eigenvalue weighted by atomic mass is 16.6. The molecule has 1 aliphatic rings. The Bertz CT molecular complexity index is 361. The number of hydrogen-bond donors (Lipinski definition) is 2. The van der Waals surface area contributed by atoms with Crippen molar-refractivity contribution in [1.82, 2.24) is 5.32 Å². The summed E-state index contributed by atoms with van der Waals surface area (Å²) in [5.74, 6) is 1.10. The van der Waals surface area contributed by atoms with Gasteiger partial charge in [-0.25, -0.2) is 4.79 Å². The Morgan fingerprint density at radius 2 is 1.91 bits per heavy atom. The summed E-state index contributed by atoms with van der Waals surface area (Å²) in [6.07, 6.45) is 3.62. The topological polar surface area (TPSA) is 67.8 Å².